The van der Waals surface area contributed by atoms with Crippen LogP contribution < -0.4 is 5.32 Å². The van der Waals surface area contributed by atoms with E-state index < -0.39 is 0 Å². The van der Waals surface area contributed by atoms with Crippen LogP contribution in [0.3, 0.4) is 0 Å². The summed E-state index contributed by atoms with van der Waals surface area (Å²) < 4.78 is 5.33. The molecule has 2 fully saturated rings. The van der Waals surface area contributed by atoms with E-state index in [1.165, 1.54) is 0 Å². The Kier molecular flexibility index (Phi) is 7.34. The monoisotopic (exact) mass is 407 g/mol. The molecular formula is C16H20Cl3N3O3. The van der Waals surface area contributed by atoms with Crippen LogP contribution in [0.5, 0.6) is 0 Å². The van der Waals surface area contributed by atoms with Crippen LogP contribution in [0.15, 0.2) is 18.2 Å². The molecular weight excluding hydrogens is 389 g/mol. The van der Waals surface area contributed by atoms with Gasteiger partial charge in [0.15, 0.2) is 0 Å². The fourth-order valence-electron chi connectivity index (χ4n) is 2.91. The second-order valence-electron chi connectivity index (χ2n) is 5.82. The average molecular weight is 409 g/mol. The highest BCUT2D eigenvalue weighted by Crippen LogP contribution is 2.23. The zero-order valence-corrected chi connectivity index (χ0v) is 15.9. The molecule has 2 amide bonds. The Labute approximate surface area is 162 Å². The first kappa shape index (κ1) is 20.3. The number of ether oxygens (including phenoxy) is 1. The highest BCUT2D eigenvalue weighted by atomic mass is 35.5. The summed E-state index contributed by atoms with van der Waals surface area (Å²) in [4.78, 5) is 28.5. The van der Waals surface area contributed by atoms with Crippen molar-refractivity contribution in [3.05, 3.63) is 33.8 Å². The smallest absolute Gasteiger partial charge is 0.255 e. The lowest BCUT2D eigenvalue weighted by Gasteiger charge is -2.37. The van der Waals surface area contributed by atoms with Crippen molar-refractivity contribution in [1.29, 1.82) is 0 Å². The van der Waals surface area contributed by atoms with E-state index in [4.69, 9.17) is 27.9 Å². The number of hydrogen-bond donors (Lipinski definition) is 1. The number of carbonyl (C=O) groups excluding carboxylic acids is 2. The molecule has 138 valence electrons. The van der Waals surface area contributed by atoms with Gasteiger partial charge in [0.2, 0.25) is 5.91 Å². The van der Waals surface area contributed by atoms with Gasteiger partial charge < -0.3 is 19.9 Å². The minimum absolute atomic E-state index is 0. The maximum atomic E-state index is 12.6. The van der Waals surface area contributed by atoms with Gasteiger partial charge in [-0.25, -0.2) is 0 Å². The third-order valence-corrected chi connectivity index (χ3v) is 4.81. The van der Waals surface area contributed by atoms with Crippen molar-refractivity contribution in [3.63, 3.8) is 0 Å². The zero-order chi connectivity index (χ0) is 17.1. The summed E-state index contributed by atoms with van der Waals surface area (Å²) in [7, 11) is 0. The lowest BCUT2D eigenvalue weighted by atomic mass is 10.1. The molecule has 1 unspecified atom stereocenters. The van der Waals surface area contributed by atoms with Crippen LogP contribution in [0, 0.1) is 0 Å². The van der Waals surface area contributed by atoms with E-state index >= 15 is 0 Å². The second-order valence-corrected chi connectivity index (χ2v) is 6.67. The van der Waals surface area contributed by atoms with Crippen LogP contribution >= 0.6 is 35.6 Å². The normalized spacial score (nSPS) is 20.8. The molecule has 0 saturated carbocycles. The van der Waals surface area contributed by atoms with E-state index in [2.05, 4.69) is 5.32 Å². The Bertz CT molecular complexity index is 630. The van der Waals surface area contributed by atoms with Gasteiger partial charge in [-0.2, -0.15) is 0 Å². The third-order valence-electron chi connectivity index (χ3n) is 4.26. The first-order valence-corrected chi connectivity index (χ1v) is 8.66. The van der Waals surface area contributed by atoms with Gasteiger partial charge in [0, 0.05) is 37.7 Å². The molecule has 0 aliphatic carbocycles. The third kappa shape index (κ3) is 4.77. The molecule has 1 atom stereocenters. The first-order chi connectivity index (χ1) is 11.6. The molecule has 2 heterocycles. The summed E-state index contributed by atoms with van der Waals surface area (Å²) in [5.41, 5.74) is 0.434. The maximum absolute atomic E-state index is 12.6. The molecule has 2 saturated heterocycles. The Morgan fingerprint density at radius 3 is 2.40 bits per heavy atom. The van der Waals surface area contributed by atoms with Crippen molar-refractivity contribution < 1.29 is 14.3 Å². The van der Waals surface area contributed by atoms with Crippen molar-refractivity contribution >= 4 is 47.4 Å². The minimum atomic E-state index is -0.285. The number of benzene rings is 1. The molecule has 2 aliphatic rings. The lowest BCUT2D eigenvalue weighted by Crippen LogP contribution is -2.57. The average Bonchev–Trinajstić information content (AvgIpc) is 2.61. The van der Waals surface area contributed by atoms with Gasteiger partial charge in [0.1, 0.15) is 6.04 Å². The molecule has 25 heavy (non-hydrogen) atoms. The van der Waals surface area contributed by atoms with E-state index in [1.807, 2.05) is 0 Å². The van der Waals surface area contributed by atoms with Crippen LogP contribution in [0.2, 0.25) is 10.0 Å². The second kappa shape index (κ2) is 9.05. The highest BCUT2D eigenvalue weighted by Gasteiger charge is 2.30. The number of piperazine rings is 1. The van der Waals surface area contributed by atoms with Gasteiger partial charge in [-0.1, -0.05) is 23.2 Å². The Balaban J connectivity index is 0.00000225. The van der Waals surface area contributed by atoms with Gasteiger partial charge in [0.25, 0.3) is 5.91 Å². The van der Waals surface area contributed by atoms with Crippen LogP contribution in [0.1, 0.15) is 10.4 Å². The molecule has 0 aromatic heterocycles. The Morgan fingerprint density at radius 1 is 1.12 bits per heavy atom. The fourth-order valence-corrected chi connectivity index (χ4v) is 3.40. The summed E-state index contributed by atoms with van der Waals surface area (Å²) in [6, 6.07) is 4.56. The van der Waals surface area contributed by atoms with E-state index in [1.54, 1.807) is 28.0 Å². The minimum Gasteiger partial charge on any atom is -0.378 e. The quantitative estimate of drug-likeness (QED) is 0.809. The molecule has 0 radical (unpaired) electrons. The number of morpholine rings is 1. The summed E-state index contributed by atoms with van der Waals surface area (Å²) in [5, 5.41) is 4.00. The van der Waals surface area contributed by atoms with Gasteiger partial charge >= 0.3 is 0 Å². The molecule has 9 heteroatoms. The topological polar surface area (TPSA) is 61.9 Å². The highest BCUT2D eigenvalue weighted by molar-refractivity contribution is 6.36. The maximum Gasteiger partial charge on any atom is 0.255 e. The summed E-state index contributed by atoms with van der Waals surface area (Å²) in [6.45, 7) is 3.70. The zero-order valence-electron chi connectivity index (χ0n) is 13.5. The predicted molar refractivity (Wildman–Crippen MR) is 98.8 cm³/mol. The SMILES string of the molecule is Cl.O=C(c1ccc(Cl)cc1Cl)N1CCN(C(=O)C2COCCN2)CC1. The van der Waals surface area contributed by atoms with Gasteiger partial charge in [-0.3, -0.25) is 9.59 Å². The van der Waals surface area contributed by atoms with Crippen molar-refractivity contribution in [2.24, 2.45) is 0 Å². The molecule has 1 N–H and O–H groups in total. The summed E-state index contributed by atoms with van der Waals surface area (Å²) >= 11 is 12.0. The van der Waals surface area contributed by atoms with Crippen molar-refractivity contribution in [2.75, 3.05) is 45.9 Å². The van der Waals surface area contributed by atoms with Crippen LogP contribution in [-0.4, -0.2) is 73.6 Å². The van der Waals surface area contributed by atoms with Gasteiger partial charge in [-0.15, -0.1) is 12.4 Å². The molecule has 6 nitrogen and oxygen atoms in total. The largest absolute Gasteiger partial charge is 0.378 e. The van der Waals surface area contributed by atoms with Crippen LogP contribution in [-0.2, 0) is 9.53 Å². The predicted octanol–water partition coefficient (Wildman–Crippen LogP) is 1.69. The number of amides is 2. The standard InChI is InChI=1S/C16H19Cl2N3O3.ClH/c17-11-1-2-12(13(18)9-11)15(22)20-4-6-21(7-5-20)16(23)14-10-24-8-3-19-14;/h1-2,9,14,19H,3-8,10H2;1H. The van der Waals surface area contributed by atoms with Gasteiger partial charge in [-0.05, 0) is 18.2 Å². The molecule has 2 aliphatic heterocycles. The number of nitrogens with one attached hydrogen (secondary N) is 1. The van der Waals surface area contributed by atoms with Gasteiger partial charge in [0.05, 0.1) is 23.8 Å². The number of halogens is 3. The first-order valence-electron chi connectivity index (χ1n) is 7.90. The molecule has 3 rings (SSSR count). The van der Waals surface area contributed by atoms with Crippen molar-refractivity contribution in [2.45, 2.75) is 6.04 Å². The fraction of sp³-hybridized carbons (Fsp3) is 0.500. The Morgan fingerprint density at radius 2 is 1.80 bits per heavy atom. The van der Waals surface area contributed by atoms with Crippen molar-refractivity contribution in [1.82, 2.24) is 15.1 Å². The lowest BCUT2D eigenvalue weighted by molar-refractivity contribution is -0.137. The molecule has 1 aromatic carbocycles. The molecule has 0 bridgehead atoms. The summed E-state index contributed by atoms with van der Waals surface area (Å²) in [5.74, 6) is -0.103. The molecule has 1 aromatic rings. The van der Waals surface area contributed by atoms with Crippen molar-refractivity contribution in [3.8, 4) is 0 Å². The van der Waals surface area contributed by atoms with Crippen LogP contribution in [0.4, 0.5) is 0 Å². The van der Waals surface area contributed by atoms with E-state index in [9.17, 15) is 9.59 Å². The van der Waals surface area contributed by atoms with E-state index in [0.717, 1.165) is 0 Å². The molecule has 0 spiro atoms. The van der Waals surface area contributed by atoms with E-state index in [-0.39, 0.29) is 30.3 Å². The number of hydrogen-bond acceptors (Lipinski definition) is 4. The Hall–Kier alpha value is -1.05. The number of rotatable bonds is 2. The van der Waals surface area contributed by atoms with E-state index in [0.29, 0.717) is 61.5 Å². The van der Waals surface area contributed by atoms with Crippen LogP contribution in [0.25, 0.3) is 0 Å². The number of nitrogens with zero attached hydrogens (tertiary/aromatic N) is 2. The number of carbonyl (C=O) groups is 2. The summed E-state index contributed by atoms with van der Waals surface area (Å²) in [6.07, 6.45) is 0.